The second-order valence-electron chi connectivity index (χ2n) is 7.10. The average molecular weight is 366 g/mol. The normalized spacial score (nSPS) is 15.2. The third-order valence-corrected chi connectivity index (χ3v) is 5.21. The van der Waals surface area contributed by atoms with Crippen molar-refractivity contribution in [2.75, 3.05) is 32.8 Å². The van der Waals surface area contributed by atoms with Crippen LogP contribution in [0.2, 0.25) is 0 Å². The van der Waals surface area contributed by atoms with E-state index < -0.39 is 0 Å². The van der Waals surface area contributed by atoms with E-state index in [1.165, 1.54) is 17.0 Å². The van der Waals surface area contributed by atoms with Gasteiger partial charge in [-0.1, -0.05) is 0 Å². The van der Waals surface area contributed by atoms with Crippen LogP contribution in [0.4, 0.5) is 11.4 Å². The van der Waals surface area contributed by atoms with Crippen molar-refractivity contribution in [2.45, 2.75) is 26.2 Å². The van der Waals surface area contributed by atoms with Gasteiger partial charge in [0.2, 0.25) is 11.4 Å². The quantitative estimate of drug-likeness (QED) is 0.436. The highest BCUT2D eigenvalue weighted by Gasteiger charge is 2.44. The van der Waals surface area contributed by atoms with Gasteiger partial charge in [-0.25, -0.2) is 0 Å². The van der Waals surface area contributed by atoms with E-state index in [0.717, 1.165) is 23.7 Å². The summed E-state index contributed by atoms with van der Waals surface area (Å²) in [7, 11) is 5.33. The molecule has 0 amide bonds. The summed E-state index contributed by atoms with van der Waals surface area (Å²) in [6.45, 7) is 7.51. The summed E-state index contributed by atoms with van der Waals surface area (Å²) in [6.07, 6.45) is 1.97. The van der Waals surface area contributed by atoms with Crippen molar-refractivity contribution in [3.8, 4) is 11.5 Å². The van der Waals surface area contributed by atoms with Gasteiger partial charge in [0.15, 0.2) is 0 Å². The Bertz CT molecular complexity index is 883. The number of ether oxygens (including phenoxy) is 2. The zero-order valence-corrected chi connectivity index (χ0v) is 17.0. The van der Waals surface area contributed by atoms with Crippen molar-refractivity contribution >= 4 is 23.3 Å². The van der Waals surface area contributed by atoms with Gasteiger partial charge < -0.3 is 9.47 Å². The molecule has 5 heteroatoms. The first-order valence-corrected chi connectivity index (χ1v) is 9.17. The fourth-order valence-corrected chi connectivity index (χ4v) is 3.56. The second-order valence-corrected chi connectivity index (χ2v) is 7.10. The third-order valence-electron chi connectivity index (χ3n) is 5.21. The van der Waals surface area contributed by atoms with Crippen LogP contribution in [-0.4, -0.2) is 44.3 Å². The summed E-state index contributed by atoms with van der Waals surface area (Å²) >= 11 is 0. The Morgan fingerprint density at radius 3 is 2.26 bits per heavy atom. The van der Waals surface area contributed by atoms with Crippen LogP contribution in [-0.2, 0) is 5.41 Å². The molecule has 1 heterocycles. The average Bonchev–Trinajstić information content (AvgIpc) is 2.91. The number of hydrogen-bond donors (Lipinski definition) is 0. The zero-order chi connectivity index (χ0) is 19.6. The molecule has 0 spiro atoms. The standard InChI is InChI=1S/C22H28N3O2/c1-7-25-20-13-12-18(27-6)14-19(20)22(2,3)21(25)15-23-24(4)16-8-10-17(26-5)11-9-16/h8-15H,7H2,1-6H3/q+1. The number of benzene rings is 2. The van der Waals surface area contributed by atoms with Crippen molar-refractivity contribution in [3.05, 3.63) is 48.0 Å². The Balaban J connectivity index is 1.93. The van der Waals surface area contributed by atoms with Crippen molar-refractivity contribution in [3.63, 3.8) is 0 Å². The van der Waals surface area contributed by atoms with E-state index >= 15 is 0 Å². The molecule has 2 aromatic carbocycles. The minimum atomic E-state index is -0.149. The number of methoxy groups -OCH3 is 2. The van der Waals surface area contributed by atoms with E-state index in [4.69, 9.17) is 14.6 Å². The molecule has 142 valence electrons. The van der Waals surface area contributed by atoms with Crippen LogP contribution in [0, 0.1) is 0 Å². The van der Waals surface area contributed by atoms with Gasteiger partial charge in [-0.15, -0.1) is 0 Å². The minimum Gasteiger partial charge on any atom is -0.497 e. The largest absolute Gasteiger partial charge is 0.497 e. The number of nitrogens with zero attached hydrogens (tertiary/aromatic N) is 3. The van der Waals surface area contributed by atoms with Crippen LogP contribution in [0.15, 0.2) is 47.6 Å². The number of hydrazone groups is 1. The lowest BCUT2D eigenvalue weighted by molar-refractivity contribution is -0.431. The van der Waals surface area contributed by atoms with E-state index in [2.05, 4.69) is 37.5 Å². The predicted molar refractivity (Wildman–Crippen MR) is 111 cm³/mol. The summed E-state index contributed by atoms with van der Waals surface area (Å²) in [5.41, 5.74) is 4.51. The van der Waals surface area contributed by atoms with Crippen molar-refractivity contribution < 1.29 is 14.0 Å². The van der Waals surface area contributed by atoms with Gasteiger partial charge in [0.1, 0.15) is 24.3 Å². The van der Waals surface area contributed by atoms with Gasteiger partial charge >= 0.3 is 0 Å². The fraction of sp³-hybridized carbons (Fsp3) is 0.364. The lowest BCUT2D eigenvalue weighted by Crippen LogP contribution is -2.31. The highest BCUT2D eigenvalue weighted by molar-refractivity contribution is 6.33. The Hall–Kier alpha value is -2.82. The molecule has 0 unspecified atom stereocenters. The summed E-state index contributed by atoms with van der Waals surface area (Å²) in [6, 6.07) is 14.2. The monoisotopic (exact) mass is 366 g/mol. The molecule has 2 aromatic rings. The van der Waals surface area contributed by atoms with Crippen LogP contribution >= 0.6 is 0 Å². The molecule has 0 aromatic heterocycles. The first kappa shape index (κ1) is 19.0. The lowest BCUT2D eigenvalue weighted by atomic mass is 9.82. The minimum absolute atomic E-state index is 0.149. The first-order valence-electron chi connectivity index (χ1n) is 9.17. The lowest BCUT2D eigenvalue weighted by Gasteiger charge is -2.17. The molecule has 0 saturated carbocycles. The fourth-order valence-electron chi connectivity index (χ4n) is 3.56. The zero-order valence-electron chi connectivity index (χ0n) is 17.0. The van der Waals surface area contributed by atoms with Crippen molar-refractivity contribution in [2.24, 2.45) is 5.10 Å². The van der Waals surface area contributed by atoms with E-state index in [9.17, 15) is 0 Å². The highest BCUT2D eigenvalue weighted by Crippen LogP contribution is 2.40. The van der Waals surface area contributed by atoms with Gasteiger partial charge in [0.25, 0.3) is 0 Å². The van der Waals surface area contributed by atoms with Gasteiger partial charge in [0.05, 0.1) is 25.3 Å². The Labute approximate surface area is 161 Å². The maximum atomic E-state index is 5.43. The molecule has 27 heavy (non-hydrogen) atoms. The Morgan fingerprint density at radius 1 is 1.04 bits per heavy atom. The molecule has 0 radical (unpaired) electrons. The summed E-state index contributed by atoms with van der Waals surface area (Å²) in [4.78, 5) is 0. The van der Waals surface area contributed by atoms with Gasteiger partial charge in [-0.3, -0.25) is 5.01 Å². The maximum absolute atomic E-state index is 5.43. The van der Waals surface area contributed by atoms with E-state index in [1.54, 1.807) is 14.2 Å². The SMILES string of the molecule is CC[N+]1=C(C=NN(C)c2ccc(OC)cc2)C(C)(C)c2cc(OC)ccc21. The number of anilines is 1. The first-order chi connectivity index (χ1) is 12.9. The molecule has 5 nitrogen and oxygen atoms in total. The van der Waals surface area contributed by atoms with Crippen LogP contribution < -0.4 is 14.5 Å². The van der Waals surface area contributed by atoms with Gasteiger partial charge in [0, 0.05) is 18.7 Å². The molecule has 0 saturated heterocycles. The molecular formula is C22H28N3O2+. The molecule has 1 aliphatic heterocycles. The van der Waals surface area contributed by atoms with Crippen molar-refractivity contribution in [1.82, 2.24) is 0 Å². The van der Waals surface area contributed by atoms with Crippen LogP contribution in [0.5, 0.6) is 11.5 Å². The van der Waals surface area contributed by atoms with Gasteiger partial charge in [-0.2, -0.15) is 9.68 Å². The summed E-state index contributed by atoms with van der Waals surface area (Å²) < 4.78 is 13.0. The van der Waals surface area contributed by atoms with E-state index in [1.807, 2.05) is 48.6 Å². The van der Waals surface area contributed by atoms with E-state index in [0.29, 0.717) is 0 Å². The molecule has 0 bridgehead atoms. The van der Waals surface area contributed by atoms with Crippen LogP contribution in [0.3, 0.4) is 0 Å². The molecular weight excluding hydrogens is 338 g/mol. The number of hydrogen-bond acceptors (Lipinski definition) is 4. The van der Waals surface area contributed by atoms with Crippen LogP contribution in [0.25, 0.3) is 0 Å². The number of rotatable bonds is 6. The Kier molecular flexibility index (Phi) is 5.22. The summed E-state index contributed by atoms with van der Waals surface area (Å²) in [5.74, 6) is 1.72. The Morgan fingerprint density at radius 2 is 1.67 bits per heavy atom. The molecule has 0 atom stereocenters. The van der Waals surface area contributed by atoms with E-state index in [-0.39, 0.29) is 5.41 Å². The molecule has 1 aliphatic rings. The topological polar surface area (TPSA) is 37.1 Å². The van der Waals surface area contributed by atoms with Crippen LogP contribution in [0.1, 0.15) is 26.3 Å². The smallest absolute Gasteiger partial charge is 0.212 e. The maximum Gasteiger partial charge on any atom is 0.212 e. The highest BCUT2D eigenvalue weighted by atomic mass is 16.5. The molecule has 0 fully saturated rings. The molecule has 0 N–H and O–H groups in total. The number of fused-ring (bicyclic) bond motifs is 1. The predicted octanol–water partition coefficient (Wildman–Crippen LogP) is 4.22. The molecule has 3 rings (SSSR count). The second kappa shape index (κ2) is 7.43. The van der Waals surface area contributed by atoms with Crippen molar-refractivity contribution in [1.29, 1.82) is 0 Å². The van der Waals surface area contributed by atoms with Gasteiger partial charge in [-0.05, 0) is 57.2 Å². The summed E-state index contributed by atoms with van der Waals surface area (Å²) in [5, 5.41) is 6.58. The third kappa shape index (κ3) is 3.42. The molecule has 0 aliphatic carbocycles.